The van der Waals surface area contributed by atoms with E-state index in [9.17, 15) is 0 Å². The van der Waals surface area contributed by atoms with E-state index in [1.807, 2.05) is 12.1 Å². The van der Waals surface area contributed by atoms with Crippen LogP contribution in [0.2, 0.25) is 0 Å². The lowest BCUT2D eigenvalue weighted by Gasteiger charge is -2.20. The number of amidine groups is 1. The first-order chi connectivity index (χ1) is 33.6. The molecule has 1 unspecified atom stereocenters. The van der Waals surface area contributed by atoms with Crippen LogP contribution < -0.4 is 0 Å². The first-order valence-electron chi connectivity index (χ1n) is 23.4. The summed E-state index contributed by atoms with van der Waals surface area (Å²) in [5, 5.41) is 11.4. The molecule has 13 aromatic rings. The van der Waals surface area contributed by atoms with Crippen molar-refractivity contribution >= 4 is 104 Å². The van der Waals surface area contributed by atoms with Gasteiger partial charge in [-0.15, -0.1) is 0 Å². The number of rotatable bonds is 5. The average molecular weight is 872 g/mol. The summed E-state index contributed by atoms with van der Waals surface area (Å²) in [5.41, 5.74) is 13.5. The van der Waals surface area contributed by atoms with Crippen LogP contribution in [0.4, 0.5) is 0 Å². The van der Waals surface area contributed by atoms with E-state index in [0.717, 1.165) is 105 Å². The fourth-order valence-corrected chi connectivity index (χ4v) is 10.7. The fourth-order valence-electron chi connectivity index (χ4n) is 10.7. The smallest absolute Gasteiger partial charge is 0.160 e. The second kappa shape index (κ2) is 15.1. The number of aromatic nitrogens is 1. The van der Waals surface area contributed by atoms with Crippen LogP contribution in [0.1, 0.15) is 30.0 Å². The van der Waals surface area contributed by atoms with E-state index in [0.29, 0.717) is 12.3 Å². The average Bonchev–Trinajstić information content (AvgIpc) is 4.06. The van der Waals surface area contributed by atoms with Crippen LogP contribution >= 0.6 is 0 Å². The maximum absolute atomic E-state index is 6.86. The minimum atomic E-state index is -0.00268. The first-order valence-corrected chi connectivity index (χ1v) is 23.4. The summed E-state index contributed by atoms with van der Waals surface area (Å²) < 4.78 is 16.0. The van der Waals surface area contributed by atoms with Gasteiger partial charge in [-0.25, -0.2) is 9.98 Å². The molecule has 0 radical (unpaired) electrons. The molecule has 5 heteroatoms. The monoisotopic (exact) mass is 871 g/mol. The van der Waals surface area contributed by atoms with E-state index in [1.54, 1.807) is 0 Å². The van der Waals surface area contributed by atoms with Gasteiger partial charge in [-0.05, 0) is 87.6 Å². The Labute approximate surface area is 391 Å². The zero-order valence-corrected chi connectivity index (χ0v) is 37.1. The number of fused-ring (bicyclic) bond motifs is 12. The lowest BCUT2D eigenvalue weighted by molar-refractivity contribution is 0.666. The minimum Gasteiger partial charge on any atom is -0.456 e. The van der Waals surface area contributed by atoms with Gasteiger partial charge in [0.1, 0.15) is 22.3 Å². The third-order valence-electron chi connectivity index (χ3n) is 14.0. The van der Waals surface area contributed by atoms with Crippen LogP contribution in [-0.2, 0) is 0 Å². The van der Waals surface area contributed by atoms with Crippen molar-refractivity contribution in [3.63, 3.8) is 0 Å². The molecule has 0 saturated heterocycles. The van der Waals surface area contributed by atoms with Crippen molar-refractivity contribution < 1.29 is 8.83 Å². The fraction of sp³-hybridized carbons (Fsp3) is 0.0476. The second-order valence-corrected chi connectivity index (χ2v) is 18.1. The summed E-state index contributed by atoms with van der Waals surface area (Å²) >= 11 is 0. The number of aliphatic imine (C=N–C) groups is 2. The van der Waals surface area contributed by atoms with Gasteiger partial charge in [-0.2, -0.15) is 0 Å². The molecule has 68 heavy (non-hydrogen) atoms. The van der Waals surface area contributed by atoms with E-state index in [4.69, 9.17) is 18.8 Å². The van der Waals surface area contributed by atoms with Gasteiger partial charge in [0.2, 0.25) is 0 Å². The van der Waals surface area contributed by atoms with Crippen molar-refractivity contribution in [2.45, 2.75) is 13.3 Å². The molecule has 3 aromatic heterocycles. The van der Waals surface area contributed by atoms with Crippen LogP contribution in [0.5, 0.6) is 0 Å². The molecule has 1 atom stereocenters. The van der Waals surface area contributed by atoms with Crippen molar-refractivity contribution in [3.8, 4) is 16.8 Å². The normalized spacial score (nSPS) is 15.4. The molecule has 5 nitrogen and oxygen atoms in total. The van der Waals surface area contributed by atoms with Gasteiger partial charge in [-0.3, -0.25) is 0 Å². The van der Waals surface area contributed by atoms with Gasteiger partial charge in [0, 0.05) is 61.0 Å². The summed E-state index contributed by atoms with van der Waals surface area (Å²) in [6.45, 7) is 2.27. The molecule has 0 amide bonds. The van der Waals surface area contributed by atoms with Crippen molar-refractivity contribution in [1.82, 2.24) is 4.57 Å². The van der Waals surface area contributed by atoms with E-state index in [2.05, 4.69) is 212 Å². The minimum absolute atomic E-state index is 0.00268. The maximum Gasteiger partial charge on any atom is 0.160 e. The molecule has 0 saturated carbocycles. The molecule has 1 aliphatic heterocycles. The molecule has 0 fully saturated rings. The number of furan rings is 2. The number of benzene rings is 10. The topological polar surface area (TPSA) is 55.9 Å². The Bertz CT molecular complexity index is 4310. The summed E-state index contributed by atoms with van der Waals surface area (Å²) in [7, 11) is 0. The maximum atomic E-state index is 6.86. The van der Waals surface area contributed by atoms with Gasteiger partial charge in [0.05, 0.1) is 28.1 Å². The summed E-state index contributed by atoms with van der Waals surface area (Å²) in [5.74, 6) is 0.627. The molecular weight excluding hydrogens is 831 g/mol. The number of hydrogen-bond acceptors (Lipinski definition) is 4. The second-order valence-electron chi connectivity index (χ2n) is 18.1. The van der Waals surface area contributed by atoms with Gasteiger partial charge in [0.25, 0.3) is 0 Å². The Hall–Kier alpha value is -8.80. The Morgan fingerprint density at radius 3 is 2.03 bits per heavy atom. The number of nitrogens with zero attached hydrogens (tertiary/aromatic N) is 3. The van der Waals surface area contributed by atoms with Crippen molar-refractivity contribution in [2.24, 2.45) is 15.9 Å². The summed E-state index contributed by atoms with van der Waals surface area (Å²) in [6, 6.07) is 73.3. The number of hydrogen-bond donors (Lipinski definition) is 0. The van der Waals surface area contributed by atoms with Crippen molar-refractivity contribution in [2.75, 3.05) is 0 Å². The Morgan fingerprint density at radius 2 is 1.15 bits per heavy atom. The SMILES string of the molecule is CC1C/C=C(\c2cc3c(cc2-n2c4ccccc4c4cc5ccccc5cc42)oc2ccc4ccccc4c23)N=C(c2cccc(-c3ccccc3)c2)N=C1c1cccc2c1oc1ccccc12. The zero-order chi connectivity index (χ0) is 44.9. The Kier molecular flexibility index (Phi) is 8.56. The molecular formula is C63H41N3O2. The molecule has 14 rings (SSSR count). The van der Waals surface area contributed by atoms with Gasteiger partial charge < -0.3 is 13.4 Å². The van der Waals surface area contributed by atoms with Gasteiger partial charge in [-0.1, -0.05) is 165 Å². The number of allylic oxidation sites excluding steroid dienone is 1. The number of para-hydroxylation sites is 3. The standard InChI is InChI=1S/C63H41N3O2/c1-38-29-31-53(64-63(44-21-13-20-41(33-44)39-15-3-2-4-16-39)65-61(38)49-26-14-25-48-47-24-10-12-28-57(47)68-62(48)49)51-36-52-59(67-58-32-30-40-17-7-8-22-45(40)60(52)58)37-56(51)66-54-27-11-9-23-46(54)50-34-42-18-5-6-19-43(42)35-55(50)66/h2-28,30-38H,29H2,1H3/b53-31+,64-63?,65-61?. The lowest BCUT2D eigenvalue weighted by Crippen LogP contribution is -2.17. The predicted molar refractivity (Wildman–Crippen MR) is 284 cm³/mol. The Balaban J connectivity index is 1.07. The van der Waals surface area contributed by atoms with Crippen LogP contribution in [-0.4, -0.2) is 16.1 Å². The summed E-state index contributed by atoms with van der Waals surface area (Å²) in [6.07, 6.45) is 3.02. The first kappa shape index (κ1) is 38.5. The Morgan fingerprint density at radius 1 is 0.441 bits per heavy atom. The van der Waals surface area contributed by atoms with Crippen molar-refractivity contribution in [3.05, 3.63) is 229 Å². The van der Waals surface area contributed by atoms with Crippen LogP contribution in [0.3, 0.4) is 0 Å². The molecule has 10 aromatic carbocycles. The molecule has 320 valence electrons. The van der Waals surface area contributed by atoms with E-state index in [1.165, 1.54) is 26.9 Å². The summed E-state index contributed by atoms with van der Waals surface area (Å²) in [4.78, 5) is 11.5. The molecule has 1 aliphatic rings. The molecule has 0 spiro atoms. The third kappa shape index (κ3) is 6.02. The molecule has 0 N–H and O–H groups in total. The molecule has 0 aliphatic carbocycles. The quantitative estimate of drug-likeness (QED) is 0.173. The zero-order valence-electron chi connectivity index (χ0n) is 37.1. The van der Waals surface area contributed by atoms with Gasteiger partial charge >= 0.3 is 0 Å². The van der Waals surface area contributed by atoms with Crippen LogP contribution in [0.15, 0.2) is 231 Å². The third-order valence-corrected chi connectivity index (χ3v) is 14.0. The highest BCUT2D eigenvalue weighted by Crippen LogP contribution is 2.43. The van der Waals surface area contributed by atoms with Crippen LogP contribution in [0.25, 0.3) is 110 Å². The van der Waals surface area contributed by atoms with Crippen LogP contribution in [0, 0.1) is 5.92 Å². The van der Waals surface area contributed by atoms with Crippen molar-refractivity contribution in [1.29, 1.82) is 0 Å². The predicted octanol–water partition coefficient (Wildman–Crippen LogP) is 16.9. The van der Waals surface area contributed by atoms with E-state index in [-0.39, 0.29) is 5.92 Å². The van der Waals surface area contributed by atoms with Gasteiger partial charge in [0.15, 0.2) is 5.84 Å². The molecule has 4 heterocycles. The van der Waals surface area contributed by atoms with E-state index >= 15 is 0 Å². The molecule has 0 bridgehead atoms. The highest BCUT2D eigenvalue weighted by molar-refractivity contribution is 6.23. The highest BCUT2D eigenvalue weighted by atomic mass is 16.3. The highest BCUT2D eigenvalue weighted by Gasteiger charge is 2.26. The largest absolute Gasteiger partial charge is 0.456 e. The van der Waals surface area contributed by atoms with E-state index < -0.39 is 0 Å². The lowest BCUT2D eigenvalue weighted by atomic mass is 9.92.